The summed E-state index contributed by atoms with van der Waals surface area (Å²) in [5, 5.41) is 3.26. The summed E-state index contributed by atoms with van der Waals surface area (Å²) in [5.41, 5.74) is 5.34. The molecule has 1 aromatic rings. The highest BCUT2D eigenvalue weighted by molar-refractivity contribution is 7.88. The first kappa shape index (κ1) is 16.7. The fraction of sp³-hybridized carbons (Fsp3) is 0.455. The van der Waals surface area contributed by atoms with Crippen LogP contribution >= 0.6 is 11.6 Å². The van der Waals surface area contributed by atoms with Crippen LogP contribution in [-0.4, -0.2) is 50.0 Å². The third-order valence-corrected chi connectivity index (χ3v) is 4.24. The van der Waals surface area contributed by atoms with Crippen LogP contribution in [0.5, 0.6) is 0 Å². The SMILES string of the molecule is CN(CCCNc1ncc(C(N)=O)cc1Cl)S(C)(=O)=O. The first-order valence-electron chi connectivity index (χ1n) is 5.82. The summed E-state index contributed by atoms with van der Waals surface area (Å²) in [6.45, 7) is 0.894. The predicted molar refractivity (Wildman–Crippen MR) is 78.3 cm³/mol. The topological polar surface area (TPSA) is 105 Å². The zero-order valence-electron chi connectivity index (χ0n) is 11.3. The van der Waals surface area contributed by atoms with Crippen molar-refractivity contribution in [3.63, 3.8) is 0 Å². The molecule has 0 bridgehead atoms. The molecule has 7 nitrogen and oxygen atoms in total. The molecule has 0 aliphatic rings. The Hall–Kier alpha value is -1.38. The summed E-state index contributed by atoms with van der Waals surface area (Å²) in [5.74, 6) is -0.167. The largest absolute Gasteiger partial charge is 0.369 e. The molecule has 3 N–H and O–H groups in total. The molecule has 0 aliphatic carbocycles. The van der Waals surface area contributed by atoms with Gasteiger partial charge in [0.15, 0.2) is 0 Å². The number of nitrogens with zero attached hydrogens (tertiary/aromatic N) is 2. The molecule has 0 atom stereocenters. The number of nitrogens with two attached hydrogens (primary N) is 1. The summed E-state index contributed by atoms with van der Waals surface area (Å²) in [6.07, 6.45) is 3.08. The molecule has 0 fully saturated rings. The summed E-state index contributed by atoms with van der Waals surface area (Å²) in [6, 6.07) is 1.43. The molecular weight excluding hydrogens is 304 g/mol. The molecule has 0 spiro atoms. The van der Waals surface area contributed by atoms with Crippen LogP contribution in [0.3, 0.4) is 0 Å². The van der Waals surface area contributed by atoms with Crippen molar-refractivity contribution in [3.8, 4) is 0 Å². The third kappa shape index (κ3) is 4.95. The van der Waals surface area contributed by atoms with Gasteiger partial charge in [0.05, 0.1) is 16.8 Å². The smallest absolute Gasteiger partial charge is 0.250 e. The number of primary amides is 1. The molecule has 0 saturated carbocycles. The van der Waals surface area contributed by atoms with E-state index in [1.807, 2.05) is 0 Å². The van der Waals surface area contributed by atoms with Gasteiger partial charge in [-0.15, -0.1) is 0 Å². The van der Waals surface area contributed by atoms with Crippen LogP contribution < -0.4 is 11.1 Å². The van der Waals surface area contributed by atoms with Gasteiger partial charge in [0.2, 0.25) is 15.9 Å². The van der Waals surface area contributed by atoms with Crippen molar-refractivity contribution in [1.82, 2.24) is 9.29 Å². The molecular formula is C11H17ClN4O3S. The maximum Gasteiger partial charge on any atom is 0.250 e. The minimum absolute atomic E-state index is 0.234. The Morgan fingerprint density at radius 3 is 2.70 bits per heavy atom. The number of hydrogen-bond acceptors (Lipinski definition) is 5. The Balaban J connectivity index is 2.49. The van der Waals surface area contributed by atoms with Crippen molar-refractivity contribution < 1.29 is 13.2 Å². The number of aromatic nitrogens is 1. The Labute approximate surface area is 123 Å². The normalized spacial score (nSPS) is 11.6. The average Bonchev–Trinajstić information content (AvgIpc) is 2.34. The van der Waals surface area contributed by atoms with Crippen molar-refractivity contribution in [3.05, 3.63) is 22.8 Å². The fourth-order valence-corrected chi connectivity index (χ4v) is 2.07. The predicted octanol–water partition coefficient (Wildman–Crippen LogP) is 0.527. The standard InChI is InChI=1S/C11H17ClN4O3S/c1-16(20(2,18)19)5-3-4-14-11-9(12)6-8(7-15-11)10(13)17/h6-7H,3-5H2,1-2H3,(H2,13,17)(H,14,15). The number of carbonyl (C=O) groups excluding carboxylic acids is 1. The summed E-state index contributed by atoms with van der Waals surface area (Å²) < 4.78 is 23.6. The summed E-state index contributed by atoms with van der Waals surface area (Å²) in [7, 11) is -1.64. The van der Waals surface area contributed by atoms with Gasteiger partial charge in [-0.05, 0) is 12.5 Å². The lowest BCUT2D eigenvalue weighted by Crippen LogP contribution is -2.27. The van der Waals surface area contributed by atoms with Gasteiger partial charge >= 0.3 is 0 Å². The third-order valence-electron chi connectivity index (χ3n) is 2.63. The highest BCUT2D eigenvalue weighted by atomic mass is 35.5. The number of pyridine rings is 1. The van der Waals surface area contributed by atoms with Crippen LogP contribution in [0.4, 0.5) is 5.82 Å². The lowest BCUT2D eigenvalue weighted by molar-refractivity contribution is 0.1000. The zero-order chi connectivity index (χ0) is 15.3. The highest BCUT2D eigenvalue weighted by Crippen LogP contribution is 2.19. The van der Waals surface area contributed by atoms with Crippen LogP contribution in [0.25, 0.3) is 0 Å². The number of halogens is 1. The highest BCUT2D eigenvalue weighted by Gasteiger charge is 2.10. The second-order valence-corrected chi connectivity index (χ2v) is 6.78. The first-order valence-corrected chi connectivity index (χ1v) is 8.05. The molecule has 1 heterocycles. The molecule has 112 valence electrons. The Kier molecular flexibility index (Phi) is 5.73. The number of hydrogen-bond donors (Lipinski definition) is 2. The molecule has 0 unspecified atom stereocenters. The number of carbonyl (C=O) groups is 1. The van der Waals surface area contributed by atoms with E-state index in [4.69, 9.17) is 17.3 Å². The quantitative estimate of drug-likeness (QED) is 0.713. The van der Waals surface area contributed by atoms with Gasteiger partial charge in [-0.2, -0.15) is 0 Å². The minimum Gasteiger partial charge on any atom is -0.369 e. The maximum atomic E-state index is 11.2. The van der Waals surface area contributed by atoms with Crippen molar-refractivity contribution >= 4 is 33.3 Å². The second-order valence-electron chi connectivity index (χ2n) is 4.28. The molecule has 0 radical (unpaired) electrons. The maximum absolute atomic E-state index is 11.2. The van der Waals surface area contributed by atoms with E-state index in [1.54, 1.807) is 0 Å². The van der Waals surface area contributed by atoms with Gasteiger partial charge in [0, 0.05) is 26.3 Å². The molecule has 1 aromatic heterocycles. The fourth-order valence-electron chi connectivity index (χ4n) is 1.38. The average molecular weight is 321 g/mol. The number of rotatable bonds is 7. The zero-order valence-corrected chi connectivity index (χ0v) is 12.8. The van der Waals surface area contributed by atoms with Crippen LogP contribution in [-0.2, 0) is 10.0 Å². The lowest BCUT2D eigenvalue weighted by Gasteiger charge is -2.14. The molecule has 1 amide bonds. The summed E-state index contributed by atoms with van der Waals surface area (Å²) in [4.78, 5) is 14.9. The van der Waals surface area contributed by atoms with Gasteiger partial charge in [-0.1, -0.05) is 11.6 Å². The van der Waals surface area contributed by atoms with Gasteiger partial charge < -0.3 is 11.1 Å². The molecule has 0 aromatic carbocycles. The molecule has 1 rings (SSSR count). The Morgan fingerprint density at radius 1 is 1.55 bits per heavy atom. The van der Waals surface area contributed by atoms with E-state index in [0.717, 1.165) is 6.26 Å². The summed E-state index contributed by atoms with van der Waals surface area (Å²) >= 11 is 5.95. The van der Waals surface area contributed by atoms with Crippen LogP contribution in [0.15, 0.2) is 12.3 Å². The van der Waals surface area contributed by atoms with Gasteiger partial charge in [-0.3, -0.25) is 4.79 Å². The number of anilines is 1. The van der Waals surface area contributed by atoms with Crippen LogP contribution in [0.1, 0.15) is 16.8 Å². The van der Waals surface area contributed by atoms with Crippen molar-refractivity contribution in [2.45, 2.75) is 6.42 Å². The lowest BCUT2D eigenvalue weighted by atomic mass is 10.2. The molecule has 20 heavy (non-hydrogen) atoms. The van der Waals surface area contributed by atoms with Gasteiger partial charge in [0.1, 0.15) is 5.82 Å². The van der Waals surface area contributed by atoms with E-state index in [1.165, 1.54) is 23.6 Å². The molecule has 0 aliphatic heterocycles. The van der Waals surface area contributed by atoms with E-state index < -0.39 is 15.9 Å². The van der Waals surface area contributed by atoms with Crippen molar-refractivity contribution in [2.75, 3.05) is 31.7 Å². The van der Waals surface area contributed by atoms with E-state index in [2.05, 4.69) is 10.3 Å². The molecule has 0 saturated heterocycles. The Morgan fingerprint density at radius 2 is 2.20 bits per heavy atom. The van der Waals surface area contributed by atoms with Gasteiger partial charge in [0.25, 0.3) is 0 Å². The van der Waals surface area contributed by atoms with E-state index in [-0.39, 0.29) is 10.6 Å². The monoisotopic (exact) mass is 320 g/mol. The first-order chi connectivity index (χ1) is 9.21. The van der Waals surface area contributed by atoms with E-state index in [9.17, 15) is 13.2 Å². The van der Waals surface area contributed by atoms with Crippen molar-refractivity contribution in [1.29, 1.82) is 0 Å². The second kappa shape index (κ2) is 6.87. The number of amides is 1. The minimum atomic E-state index is -3.16. The van der Waals surface area contributed by atoms with E-state index >= 15 is 0 Å². The van der Waals surface area contributed by atoms with Crippen LogP contribution in [0, 0.1) is 0 Å². The van der Waals surface area contributed by atoms with Crippen molar-refractivity contribution in [2.24, 2.45) is 5.73 Å². The van der Waals surface area contributed by atoms with E-state index in [0.29, 0.717) is 25.3 Å². The molecule has 9 heteroatoms. The van der Waals surface area contributed by atoms with Gasteiger partial charge in [-0.25, -0.2) is 17.7 Å². The Bertz CT molecular complexity index is 591. The number of sulfonamides is 1. The number of nitrogens with one attached hydrogen (secondary N) is 1. The van der Waals surface area contributed by atoms with Crippen LogP contribution in [0.2, 0.25) is 5.02 Å².